The summed E-state index contributed by atoms with van der Waals surface area (Å²) in [4.78, 5) is 3.98. The Balaban J connectivity index is 2.09. The summed E-state index contributed by atoms with van der Waals surface area (Å²) in [6, 6.07) is 6.32. The lowest BCUT2D eigenvalue weighted by Crippen LogP contribution is -2.26. The summed E-state index contributed by atoms with van der Waals surface area (Å²) in [5.41, 5.74) is 0.792. The SMILES string of the molecule is CCNCc1ccc(S(=O)(=O)NC(C)c2cccnc2)o1. The van der Waals surface area contributed by atoms with Gasteiger partial charge in [-0.3, -0.25) is 4.98 Å². The minimum atomic E-state index is -3.68. The largest absolute Gasteiger partial charge is 0.447 e. The van der Waals surface area contributed by atoms with Crippen LogP contribution in [0, 0.1) is 0 Å². The lowest BCUT2D eigenvalue weighted by atomic mass is 10.2. The lowest BCUT2D eigenvalue weighted by Gasteiger charge is -2.12. The normalized spacial score (nSPS) is 13.2. The Kier molecular flexibility index (Phi) is 5.11. The molecule has 0 aromatic carbocycles. The number of aromatic nitrogens is 1. The predicted molar refractivity (Wildman–Crippen MR) is 79.1 cm³/mol. The number of hydrogen-bond acceptors (Lipinski definition) is 5. The molecule has 0 saturated carbocycles. The first kappa shape index (κ1) is 15.7. The van der Waals surface area contributed by atoms with Crippen molar-refractivity contribution >= 4 is 10.0 Å². The van der Waals surface area contributed by atoms with E-state index in [4.69, 9.17) is 4.42 Å². The van der Waals surface area contributed by atoms with Crippen molar-refractivity contribution in [2.75, 3.05) is 6.54 Å². The number of nitrogens with zero attached hydrogens (tertiary/aromatic N) is 1. The summed E-state index contributed by atoms with van der Waals surface area (Å²) in [6.45, 7) is 5.03. The molecule has 0 fully saturated rings. The van der Waals surface area contributed by atoms with E-state index in [1.54, 1.807) is 31.5 Å². The van der Waals surface area contributed by atoms with Crippen molar-refractivity contribution < 1.29 is 12.8 Å². The number of furan rings is 1. The van der Waals surface area contributed by atoms with Crippen LogP contribution >= 0.6 is 0 Å². The van der Waals surface area contributed by atoms with Crippen molar-refractivity contribution in [1.29, 1.82) is 0 Å². The van der Waals surface area contributed by atoms with Gasteiger partial charge in [0.1, 0.15) is 5.76 Å². The maximum atomic E-state index is 12.3. The van der Waals surface area contributed by atoms with E-state index in [1.807, 2.05) is 13.0 Å². The van der Waals surface area contributed by atoms with Crippen molar-refractivity contribution in [1.82, 2.24) is 15.0 Å². The number of hydrogen-bond donors (Lipinski definition) is 2. The van der Waals surface area contributed by atoms with E-state index >= 15 is 0 Å². The highest BCUT2D eigenvalue weighted by Gasteiger charge is 2.22. The Labute approximate surface area is 124 Å². The van der Waals surface area contributed by atoms with Gasteiger partial charge in [0, 0.05) is 18.4 Å². The minimum Gasteiger partial charge on any atom is -0.447 e. The van der Waals surface area contributed by atoms with Crippen molar-refractivity contribution in [3.05, 3.63) is 48.0 Å². The predicted octanol–water partition coefficient (Wildman–Crippen LogP) is 1.82. The molecule has 0 aliphatic heterocycles. The first-order valence-corrected chi connectivity index (χ1v) is 8.23. The first-order valence-electron chi connectivity index (χ1n) is 6.74. The second-order valence-electron chi connectivity index (χ2n) is 4.63. The quantitative estimate of drug-likeness (QED) is 0.815. The van der Waals surface area contributed by atoms with Gasteiger partial charge >= 0.3 is 0 Å². The molecule has 2 rings (SSSR count). The molecule has 2 aromatic rings. The average Bonchev–Trinajstić information content (AvgIpc) is 2.95. The number of pyridine rings is 1. The number of rotatable bonds is 7. The van der Waals surface area contributed by atoms with Gasteiger partial charge in [-0.15, -0.1) is 0 Å². The van der Waals surface area contributed by atoms with Crippen LogP contribution in [0.3, 0.4) is 0 Å². The van der Waals surface area contributed by atoms with Crippen LogP contribution in [0.4, 0.5) is 0 Å². The van der Waals surface area contributed by atoms with Gasteiger partial charge in [0.25, 0.3) is 10.0 Å². The van der Waals surface area contributed by atoms with Crippen LogP contribution in [0.5, 0.6) is 0 Å². The minimum absolute atomic E-state index is 0.0776. The van der Waals surface area contributed by atoms with Crippen LogP contribution in [0.1, 0.15) is 31.2 Å². The molecular formula is C14H19N3O3S. The molecule has 0 spiro atoms. The molecule has 1 atom stereocenters. The number of nitrogens with one attached hydrogen (secondary N) is 2. The average molecular weight is 309 g/mol. The topological polar surface area (TPSA) is 84.2 Å². The molecule has 0 bridgehead atoms. The molecule has 6 nitrogen and oxygen atoms in total. The van der Waals surface area contributed by atoms with E-state index in [-0.39, 0.29) is 11.1 Å². The number of sulfonamides is 1. The molecule has 2 heterocycles. The van der Waals surface area contributed by atoms with Gasteiger partial charge in [0.05, 0.1) is 6.54 Å². The van der Waals surface area contributed by atoms with Crippen molar-refractivity contribution in [3.63, 3.8) is 0 Å². The van der Waals surface area contributed by atoms with Crippen molar-refractivity contribution in [3.8, 4) is 0 Å². The van der Waals surface area contributed by atoms with Crippen LogP contribution in [0.25, 0.3) is 0 Å². The molecule has 0 amide bonds. The molecule has 21 heavy (non-hydrogen) atoms. The van der Waals surface area contributed by atoms with E-state index in [2.05, 4.69) is 15.0 Å². The van der Waals surface area contributed by atoms with Gasteiger partial charge in [-0.25, -0.2) is 13.1 Å². The van der Waals surface area contributed by atoms with Gasteiger partial charge < -0.3 is 9.73 Å². The smallest absolute Gasteiger partial charge is 0.274 e. The maximum Gasteiger partial charge on any atom is 0.274 e. The molecule has 1 unspecified atom stereocenters. The molecule has 0 saturated heterocycles. The second kappa shape index (κ2) is 6.84. The molecule has 0 radical (unpaired) electrons. The van der Waals surface area contributed by atoms with E-state index in [9.17, 15) is 8.42 Å². The molecule has 7 heteroatoms. The van der Waals surface area contributed by atoms with Crippen LogP contribution in [-0.4, -0.2) is 19.9 Å². The second-order valence-corrected chi connectivity index (χ2v) is 6.28. The first-order chi connectivity index (χ1) is 10.0. The summed E-state index contributed by atoms with van der Waals surface area (Å²) in [5.74, 6) is 0.589. The highest BCUT2D eigenvalue weighted by Crippen LogP contribution is 2.18. The Morgan fingerprint density at radius 3 is 2.81 bits per heavy atom. The Hall–Kier alpha value is -1.70. The maximum absolute atomic E-state index is 12.3. The van der Waals surface area contributed by atoms with E-state index in [0.29, 0.717) is 12.3 Å². The molecule has 2 aromatic heterocycles. The summed E-state index contributed by atoms with van der Waals surface area (Å²) in [6.07, 6.45) is 3.27. The fraction of sp³-hybridized carbons (Fsp3) is 0.357. The zero-order chi connectivity index (χ0) is 15.3. The third kappa shape index (κ3) is 4.13. The summed E-state index contributed by atoms with van der Waals surface area (Å²) < 4.78 is 32.4. The molecular weight excluding hydrogens is 290 g/mol. The van der Waals surface area contributed by atoms with Gasteiger partial charge in [-0.2, -0.15) is 0 Å². The van der Waals surface area contributed by atoms with E-state index < -0.39 is 10.0 Å². The highest BCUT2D eigenvalue weighted by atomic mass is 32.2. The van der Waals surface area contributed by atoms with Crippen LogP contribution in [0.15, 0.2) is 46.2 Å². The van der Waals surface area contributed by atoms with Crippen LogP contribution in [-0.2, 0) is 16.6 Å². The zero-order valence-electron chi connectivity index (χ0n) is 12.0. The van der Waals surface area contributed by atoms with Crippen molar-refractivity contribution in [2.45, 2.75) is 31.5 Å². The Morgan fingerprint density at radius 1 is 1.33 bits per heavy atom. The molecule has 2 N–H and O–H groups in total. The summed E-state index contributed by atoms with van der Waals surface area (Å²) in [5, 5.41) is 3.00. The Bertz CT molecular complexity index is 668. The standard InChI is InChI=1S/C14H19N3O3S/c1-3-15-10-13-6-7-14(20-13)21(18,19)17-11(2)12-5-4-8-16-9-12/h4-9,11,15,17H,3,10H2,1-2H3. The Morgan fingerprint density at radius 2 is 2.14 bits per heavy atom. The van der Waals surface area contributed by atoms with Crippen LogP contribution < -0.4 is 10.0 Å². The zero-order valence-corrected chi connectivity index (χ0v) is 12.9. The summed E-state index contributed by atoms with van der Waals surface area (Å²) >= 11 is 0. The van der Waals surface area contributed by atoms with Gasteiger partial charge in [0.15, 0.2) is 0 Å². The monoisotopic (exact) mass is 309 g/mol. The van der Waals surface area contributed by atoms with Crippen LogP contribution in [0.2, 0.25) is 0 Å². The fourth-order valence-corrected chi connectivity index (χ4v) is 3.02. The summed E-state index contributed by atoms with van der Waals surface area (Å²) in [7, 11) is -3.68. The highest BCUT2D eigenvalue weighted by molar-refractivity contribution is 7.89. The molecule has 0 aliphatic rings. The fourth-order valence-electron chi connectivity index (χ4n) is 1.84. The molecule has 114 valence electrons. The van der Waals surface area contributed by atoms with E-state index in [1.165, 1.54) is 6.07 Å². The van der Waals surface area contributed by atoms with Gasteiger partial charge in [-0.1, -0.05) is 13.0 Å². The van der Waals surface area contributed by atoms with E-state index in [0.717, 1.165) is 12.1 Å². The van der Waals surface area contributed by atoms with Crippen molar-refractivity contribution in [2.24, 2.45) is 0 Å². The van der Waals surface area contributed by atoms with Gasteiger partial charge in [0.2, 0.25) is 5.09 Å². The third-order valence-electron chi connectivity index (χ3n) is 2.97. The lowest BCUT2D eigenvalue weighted by molar-refractivity contribution is 0.400. The third-order valence-corrected chi connectivity index (χ3v) is 4.38. The van der Waals surface area contributed by atoms with Gasteiger partial charge in [-0.05, 0) is 37.2 Å². The molecule has 0 aliphatic carbocycles.